The molecule has 8 N–H and O–H groups in total. The van der Waals surface area contributed by atoms with E-state index in [4.69, 9.17) is 0 Å². The molecule has 0 spiro atoms. The summed E-state index contributed by atoms with van der Waals surface area (Å²) in [6, 6.07) is 41.4. The molecule has 0 bridgehead atoms. The Morgan fingerprint density at radius 1 is 0.279 bits per heavy atom. The van der Waals surface area contributed by atoms with Crippen molar-refractivity contribution in [3.8, 4) is 0 Å². The predicted octanol–water partition coefficient (Wildman–Crippen LogP) is 2.18. The van der Waals surface area contributed by atoms with Crippen LogP contribution in [0, 0.1) is 0 Å². The van der Waals surface area contributed by atoms with E-state index in [-0.39, 0.29) is 0 Å². The maximum Gasteiger partial charge on any atom is 0.451 e. The first-order chi connectivity index (χ1) is 28.5. The molecule has 0 heterocycles. The van der Waals surface area contributed by atoms with Crippen molar-refractivity contribution >= 4 is 110 Å². The lowest BCUT2D eigenvalue weighted by molar-refractivity contribution is 0.403. The molecular weight excluding hydrogens is 840 g/mol. The SMILES string of the molecule is C[Si](C)(CCCB(O)O)c1ccc([Si](c2ccc([Si](C)(C)CCCB(O)O)cc2)(c2ccc([Si](C)(C)CCCB(O)O)cc2)c2ccc([Si](C)(C)CCCB(O)O)cc2)cc1. The zero-order valence-electron chi connectivity index (χ0n) is 38.1. The van der Waals surface area contributed by atoms with Gasteiger partial charge in [0.2, 0.25) is 0 Å². The van der Waals surface area contributed by atoms with Gasteiger partial charge in [-0.2, -0.15) is 0 Å². The largest absolute Gasteiger partial charge is 0.451 e. The maximum atomic E-state index is 9.56. The van der Waals surface area contributed by atoms with Crippen LogP contribution in [0.1, 0.15) is 25.7 Å². The molecule has 0 atom stereocenters. The average Bonchev–Trinajstić information content (AvgIpc) is 3.18. The van der Waals surface area contributed by atoms with Crippen molar-refractivity contribution in [2.24, 2.45) is 0 Å². The van der Waals surface area contributed by atoms with Gasteiger partial charge in [-0.15, -0.1) is 0 Å². The van der Waals surface area contributed by atoms with Gasteiger partial charge in [-0.1, -0.05) is 220 Å². The molecule has 0 aliphatic heterocycles. The van der Waals surface area contributed by atoms with Gasteiger partial charge in [-0.25, -0.2) is 0 Å². The van der Waals surface area contributed by atoms with Gasteiger partial charge in [0.1, 0.15) is 0 Å². The van der Waals surface area contributed by atoms with E-state index in [2.05, 4.69) is 149 Å². The molecule has 8 nitrogen and oxygen atoms in total. The Labute approximate surface area is 373 Å². The monoisotopic (exact) mass is 912 g/mol. The predicted molar refractivity (Wildman–Crippen MR) is 276 cm³/mol. The number of hydrogen-bond donors (Lipinski definition) is 8. The summed E-state index contributed by atoms with van der Waals surface area (Å²) >= 11 is 0. The van der Waals surface area contributed by atoms with Crippen LogP contribution < -0.4 is 41.5 Å². The molecule has 0 saturated heterocycles. The van der Waals surface area contributed by atoms with Crippen LogP contribution in [0.4, 0.5) is 0 Å². The Morgan fingerprint density at radius 2 is 0.426 bits per heavy atom. The van der Waals surface area contributed by atoms with Crippen LogP contribution in [-0.2, 0) is 0 Å². The zero-order chi connectivity index (χ0) is 45.2. The highest BCUT2D eigenvalue weighted by molar-refractivity contribution is 7.20. The summed E-state index contributed by atoms with van der Waals surface area (Å²) in [6.45, 7) is 18.9. The van der Waals surface area contributed by atoms with E-state index in [0.717, 1.165) is 49.9 Å². The minimum Gasteiger partial charge on any atom is -0.427 e. The van der Waals surface area contributed by atoms with Crippen molar-refractivity contribution < 1.29 is 40.2 Å². The summed E-state index contributed by atoms with van der Waals surface area (Å²) in [5.74, 6) is 0. The van der Waals surface area contributed by atoms with Crippen LogP contribution >= 0.6 is 0 Å². The summed E-state index contributed by atoms with van der Waals surface area (Å²) < 4.78 is 0. The lowest BCUT2D eigenvalue weighted by atomic mass is 9.85. The second-order valence-electron chi connectivity index (χ2n) is 20.1. The number of hydrogen-bond acceptors (Lipinski definition) is 8. The molecule has 0 aliphatic carbocycles. The van der Waals surface area contributed by atoms with E-state index in [1.165, 1.54) is 41.5 Å². The zero-order valence-corrected chi connectivity index (χ0v) is 43.1. The molecular formula is C44H72B4O8Si5. The van der Waals surface area contributed by atoms with E-state index in [1.54, 1.807) is 0 Å². The molecule has 0 aromatic heterocycles. The Kier molecular flexibility index (Phi) is 18.8. The van der Waals surface area contributed by atoms with Gasteiger partial charge in [0.25, 0.3) is 0 Å². The molecule has 0 saturated carbocycles. The van der Waals surface area contributed by atoms with Gasteiger partial charge < -0.3 is 40.2 Å². The van der Waals surface area contributed by atoms with Crippen LogP contribution in [-0.4, -0.2) is 109 Å². The van der Waals surface area contributed by atoms with Crippen LogP contribution in [0.25, 0.3) is 0 Å². The lowest BCUT2D eigenvalue weighted by Gasteiger charge is -2.36. The van der Waals surface area contributed by atoms with Crippen LogP contribution in [0.15, 0.2) is 97.1 Å². The Morgan fingerprint density at radius 3 is 0.574 bits per heavy atom. The van der Waals surface area contributed by atoms with Crippen molar-refractivity contribution in [1.29, 1.82) is 0 Å². The summed E-state index contributed by atoms with van der Waals surface area (Å²) in [7, 11) is -15.7. The van der Waals surface area contributed by atoms with Crippen molar-refractivity contribution in [2.75, 3.05) is 0 Å². The highest BCUT2D eigenvalue weighted by Gasteiger charge is 2.43. The fourth-order valence-corrected chi connectivity index (χ4v) is 23.6. The van der Waals surface area contributed by atoms with E-state index in [9.17, 15) is 40.2 Å². The topological polar surface area (TPSA) is 162 Å². The average molecular weight is 913 g/mol. The van der Waals surface area contributed by atoms with Gasteiger partial charge in [-0.05, 0) is 46.0 Å². The second kappa shape index (κ2) is 22.2. The number of rotatable bonds is 24. The first-order valence-electron chi connectivity index (χ1n) is 22.4. The number of benzene rings is 4. The summed E-state index contributed by atoms with van der Waals surface area (Å²) in [5.41, 5.74) is 0. The van der Waals surface area contributed by atoms with Crippen LogP contribution in [0.5, 0.6) is 0 Å². The second-order valence-corrected chi connectivity index (χ2v) is 43.3. The smallest absolute Gasteiger partial charge is 0.427 e. The molecule has 0 unspecified atom stereocenters. The van der Waals surface area contributed by atoms with Crippen molar-refractivity contribution in [1.82, 2.24) is 0 Å². The first-order valence-corrected chi connectivity index (χ1v) is 37.2. The Hall–Kier alpha value is -2.10. The fourth-order valence-electron chi connectivity index (χ4n) is 9.17. The summed E-state index contributed by atoms with van der Waals surface area (Å²) in [6.07, 6.45) is 4.57. The van der Waals surface area contributed by atoms with E-state index < -0.39 is 68.8 Å². The van der Waals surface area contributed by atoms with Crippen molar-refractivity contribution in [3.63, 3.8) is 0 Å². The molecule has 0 amide bonds. The van der Waals surface area contributed by atoms with Gasteiger partial charge in [0.05, 0.1) is 32.3 Å². The normalized spacial score (nSPS) is 12.7. The molecule has 61 heavy (non-hydrogen) atoms. The van der Waals surface area contributed by atoms with Gasteiger partial charge in [0.15, 0.2) is 8.07 Å². The van der Waals surface area contributed by atoms with Crippen LogP contribution in [0.2, 0.25) is 102 Å². The molecule has 4 aromatic carbocycles. The standard InChI is InChI=1S/C44H72B4O8Si5/c1-57(2,33-9-29-45(49)50)37-13-21-41(22-14-37)61(42-23-15-38(16-24-42)58(3,4)34-10-30-46(51)52,43-25-17-39(18-26-43)59(5,6)35-11-31-47(53)54)44-27-19-40(20-28-44)60(7,8)36-12-32-48(55)56/h13-28,49-56H,9-12,29-36H2,1-8H3. The van der Waals surface area contributed by atoms with E-state index >= 15 is 0 Å². The van der Waals surface area contributed by atoms with Crippen LogP contribution in [0.3, 0.4) is 0 Å². The molecule has 4 aromatic rings. The molecule has 17 heteroatoms. The minimum absolute atomic E-state index is 0.377. The van der Waals surface area contributed by atoms with Gasteiger partial charge in [0, 0.05) is 0 Å². The highest BCUT2D eigenvalue weighted by atomic mass is 28.3. The van der Waals surface area contributed by atoms with E-state index in [0.29, 0.717) is 25.3 Å². The van der Waals surface area contributed by atoms with Crippen molar-refractivity contribution in [3.05, 3.63) is 97.1 Å². The first kappa shape index (κ1) is 51.5. The lowest BCUT2D eigenvalue weighted by Crippen LogP contribution is -2.75. The van der Waals surface area contributed by atoms with E-state index in [1.807, 2.05) is 0 Å². The molecule has 4 rings (SSSR count). The molecule has 0 radical (unpaired) electrons. The molecule has 0 fully saturated rings. The van der Waals surface area contributed by atoms with Crippen molar-refractivity contribution in [2.45, 2.75) is 128 Å². The van der Waals surface area contributed by atoms with Gasteiger partial charge in [-0.3, -0.25) is 0 Å². The Balaban J connectivity index is 1.96. The molecule has 0 aliphatic rings. The quantitative estimate of drug-likeness (QED) is 0.0393. The van der Waals surface area contributed by atoms with Gasteiger partial charge >= 0.3 is 28.5 Å². The molecule has 328 valence electrons. The third kappa shape index (κ3) is 13.9. The minimum atomic E-state index is -2.99. The highest BCUT2D eigenvalue weighted by Crippen LogP contribution is 2.20. The summed E-state index contributed by atoms with van der Waals surface area (Å²) in [4.78, 5) is 0. The fraction of sp³-hybridized carbons (Fsp3) is 0.455. The third-order valence-electron chi connectivity index (χ3n) is 13.5. The third-order valence-corrected chi connectivity index (χ3v) is 32.3. The maximum absolute atomic E-state index is 9.56. The summed E-state index contributed by atoms with van der Waals surface area (Å²) in [5, 5.41) is 87.0. The Bertz CT molecular complexity index is 1650.